The van der Waals surface area contributed by atoms with Gasteiger partial charge in [0.05, 0.1) is 12.1 Å². The quantitative estimate of drug-likeness (QED) is 0.775. The summed E-state index contributed by atoms with van der Waals surface area (Å²) >= 11 is 0. The van der Waals surface area contributed by atoms with E-state index in [1.807, 2.05) is 0 Å². The molecule has 0 spiro atoms. The van der Waals surface area contributed by atoms with Crippen molar-refractivity contribution in [3.05, 3.63) is 29.6 Å². The van der Waals surface area contributed by atoms with Crippen molar-refractivity contribution in [1.82, 2.24) is 0 Å². The minimum atomic E-state index is -0.714. The first-order valence-corrected chi connectivity index (χ1v) is 5.84. The summed E-state index contributed by atoms with van der Waals surface area (Å²) in [5.41, 5.74) is 6.34. The maximum Gasteiger partial charge on any atom is 0.165 e. The van der Waals surface area contributed by atoms with Crippen LogP contribution in [0.5, 0.6) is 5.75 Å². The molecule has 0 aliphatic heterocycles. The number of nitrogens with two attached hydrogens (primary N) is 1. The molecule has 0 saturated carbocycles. The van der Waals surface area contributed by atoms with Gasteiger partial charge in [0.25, 0.3) is 0 Å². The minimum absolute atomic E-state index is 0. The summed E-state index contributed by atoms with van der Waals surface area (Å²) in [4.78, 5) is 0. The molecule has 0 aliphatic rings. The fourth-order valence-electron chi connectivity index (χ4n) is 1.64. The van der Waals surface area contributed by atoms with Crippen LogP contribution in [0, 0.1) is 11.7 Å². The Bertz CT molecular complexity index is 374. The fourth-order valence-corrected chi connectivity index (χ4v) is 1.64. The molecule has 0 bridgehead atoms. The molecule has 0 aliphatic carbocycles. The monoisotopic (exact) mass is 277 g/mol. The predicted octanol–water partition coefficient (Wildman–Crippen LogP) is 2.75. The van der Waals surface area contributed by atoms with E-state index >= 15 is 0 Å². The lowest BCUT2D eigenvalue weighted by molar-refractivity contribution is 0.128. The third-order valence-electron chi connectivity index (χ3n) is 2.81. The lowest BCUT2D eigenvalue weighted by Gasteiger charge is -2.20. The normalized spacial score (nSPS) is 14.1. The van der Waals surface area contributed by atoms with Gasteiger partial charge in [0.2, 0.25) is 0 Å². The molecule has 18 heavy (non-hydrogen) atoms. The third-order valence-corrected chi connectivity index (χ3v) is 2.81. The Labute approximate surface area is 113 Å². The van der Waals surface area contributed by atoms with Gasteiger partial charge in [-0.1, -0.05) is 19.9 Å². The largest absolute Gasteiger partial charge is 0.505 e. The van der Waals surface area contributed by atoms with Gasteiger partial charge in [0, 0.05) is 0 Å². The highest BCUT2D eigenvalue weighted by Gasteiger charge is 2.18. The van der Waals surface area contributed by atoms with Crippen LogP contribution in [0.25, 0.3) is 0 Å². The Balaban J connectivity index is 0.00000289. The minimum Gasteiger partial charge on any atom is -0.505 e. The molecule has 1 rings (SSSR count). The van der Waals surface area contributed by atoms with Crippen LogP contribution in [0.15, 0.2) is 18.2 Å². The van der Waals surface area contributed by atoms with Crippen molar-refractivity contribution < 1.29 is 14.6 Å². The van der Waals surface area contributed by atoms with Gasteiger partial charge in [-0.3, -0.25) is 0 Å². The van der Waals surface area contributed by atoms with Gasteiger partial charge >= 0.3 is 0 Å². The molecule has 4 N–H and O–H groups in total. The van der Waals surface area contributed by atoms with Crippen molar-refractivity contribution >= 4 is 12.4 Å². The Morgan fingerprint density at radius 3 is 2.39 bits per heavy atom. The van der Waals surface area contributed by atoms with E-state index in [9.17, 15) is 9.50 Å². The van der Waals surface area contributed by atoms with Crippen LogP contribution in [0.2, 0.25) is 0 Å². The van der Waals surface area contributed by atoms with Crippen LogP contribution in [0.3, 0.4) is 0 Å². The van der Waals surface area contributed by atoms with E-state index in [1.54, 1.807) is 0 Å². The van der Waals surface area contributed by atoms with E-state index in [1.165, 1.54) is 18.2 Å². The molecule has 0 heterocycles. The first kappa shape index (κ1) is 17.2. The van der Waals surface area contributed by atoms with Crippen LogP contribution in [0.4, 0.5) is 4.39 Å². The number of phenolic OH excluding ortho intramolecular Hbond substituents is 1. The standard InChI is InChI=1S/C13H20FNO2.ClH/c1-8(2)3-5-12(17)13(15)9-4-6-11(16)10(14)7-9;/h4,6-8,12-13,16-17H,3,5,15H2,1-2H3;1H/t12-,13+;/m0./s1. The van der Waals surface area contributed by atoms with Gasteiger partial charge in [-0.15, -0.1) is 12.4 Å². The number of hydrogen-bond acceptors (Lipinski definition) is 3. The van der Waals surface area contributed by atoms with Gasteiger partial charge in [0.15, 0.2) is 11.6 Å². The van der Waals surface area contributed by atoms with Crippen molar-refractivity contribution in [3.8, 4) is 5.75 Å². The van der Waals surface area contributed by atoms with Crippen molar-refractivity contribution in [2.24, 2.45) is 11.7 Å². The van der Waals surface area contributed by atoms with E-state index in [0.29, 0.717) is 17.9 Å². The predicted molar refractivity (Wildman–Crippen MR) is 72.3 cm³/mol. The molecule has 104 valence electrons. The maximum absolute atomic E-state index is 13.1. The van der Waals surface area contributed by atoms with Crippen LogP contribution in [-0.4, -0.2) is 16.3 Å². The van der Waals surface area contributed by atoms with E-state index < -0.39 is 23.7 Å². The summed E-state index contributed by atoms with van der Waals surface area (Å²) in [6, 6.07) is 3.32. The molecule has 0 saturated heterocycles. The van der Waals surface area contributed by atoms with Crippen LogP contribution < -0.4 is 5.73 Å². The second-order valence-electron chi connectivity index (χ2n) is 4.78. The first-order chi connectivity index (χ1) is 7.91. The number of rotatable bonds is 5. The van der Waals surface area contributed by atoms with Crippen LogP contribution in [-0.2, 0) is 0 Å². The number of phenols is 1. The third kappa shape index (κ3) is 4.80. The average molecular weight is 278 g/mol. The van der Waals surface area contributed by atoms with Crippen molar-refractivity contribution in [1.29, 1.82) is 0 Å². The maximum atomic E-state index is 13.1. The van der Waals surface area contributed by atoms with E-state index in [4.69, 9.17) is 10.8 Å². The average Bonchev–Trinajstić information content (AvgIpc) is 2.28. The molecular weight excluding hydrogens is 257 g/mol. The molecule has 1 aromatic rings. The molecule has 0 amide bonds. The summed E-state index contributed by atoms with van der Waals surface area (Å²) in [6.07, 6.45) is 0.762. The Hall–Kier alpha value is -0.840. The van der Waals surface area contributed by atoms with Gasteiger partial charge in [-0.2, -0.15) is 0 Å². The van der Waals surface area contributed by atoms with Crippen molar-refractivity contribution in [3.63, 3.8) is 0 Å². The summed E-state index contributed by atoms with van der Waals surface area (Å²) in [7, 11) is 0. The van der Waals surface area contributed by atoms with E-state index in [2.05, 4.69) is 13.8 Å². The number of benzene rings is 1. The van der Waals surface area contributed by atoms with Crippen LogP contribution >= 0.6 is 12.4 Å². The zero-order valence-corrected chi connectivity index (χ0v) is 11.5. The number of hydrogen-bond donors (Lipinski definition) is 3. The molecule has 5 heteroatoms. The van der Waals surface area contributed by atoms with Crippen molar-refractivity contribution in [2.45, 2.75) is 38.8 Å². The number of aliphatic hydroxyl groups excluding tert-OH is 1. The zero-order chi connectivity index (χ0) is 13.0. The van der Waals surface area contributed by atoms with Gasteiger partial charge in [-0.25, -0.2) is 4.39 Å². The highest BCUT2D eigenvalue weighted by molar-refractivity contribution is 5.85. The smallest absolute Gasteiger partial charge is 0.165 e. The number of halogens is 2. The number of aromatic hydroxyl groups is 1. The van der Waals surface area contributed by atoms with Crippen molar-refractivity contribution in [2.75, 3.05) is 0 Å². The lowest BCUT2D eigenvalue weighted by Crippen LogP contribution is -2.26. The second kappa shape index (κ2) is 7.56. The summed E-state index contributed by atoms with van der Waals surface area (Å²) in [5.74, 6) is -0.625. The molecular formula is C13H21ClFNO2. The number of aliphatic hydroxyl groups is 1. The summed E-state index contributed by atoms with van der Waals surface area (Å²) in [6.45, 7) is 4.14. The summed E-state index contributed by atoms with van der Waals surface area (Å²) in [5, 5.41) is 18.9. The summed E-state index contributed by atoms with van der Waals surface area (Å²) < 4.78 is 13.1. The topological polar surface area (TPSA) is 66.5 Å². The van der Waals surface area contributed by atoms with Gasteiger partial charge < -0.3 is 15.9 Å². The Kier molecular flexibility index (Phi) is 7.21. The SMILES string of the molecule is CC(C)CC[C@H](O)[C@H](N)c1ccc(O)c(F)c1.Cl. The zero-order valence-electron chi connectivity index (χ0n) is 10.6. The highest BCUT2D eigenvalue weighted by atomic mass is 35.5. The highest BCUT2D eigenvalue weighted by Crippen LogP contribution is 2.23. The second-order valence-corrected chi connectivity index (χ2v) is 4.78. The van der Waals surface area contributed by atoms with E-state index in [0.717, 1.165) is 6.42 Å². The Morgan fingerprint density at radius 2 is 1.89 bits per heavy atom. The molecule has 3 nitrogen and oxygen atoms in total. The fraction of sp³-hybridized carbons (Fsp3) is 0.538. The first-order valence-electron chi connectivity index (χ1n) is 5.84. The molecule has 0 unspecified atom stereocenters. The molecule has 0 radical (unpaired) electrons. The molecule has 1 aromatic carbocycles. The van der Waals surface area contributed by atoms with Gasteiger partial charge in [0.1, 0.15) is 0 Å². The Morgan fingerprint density at radius 1 is 1.28 bits per heavy atom. The molecule has 0 aromatic heterocycles. The van der Waals surface area contributed by atoms with E-state index in [-0.39, 0.29) is 12.4 Å². The van der Waals surface area contributed by atoms with Crippen LogP contribution in [0.1, 0.15) is 38.3 Å². The van der Waals surface area contributed by atoms with Gasteiger partial charge in [-0.05, 0) is 36.5 Å². The molecule has 2 atom stereocenters. The lowest BCUT2D eigenvalue weighted by atomic mass is 9.96. The molecule has 0 fully saturated rings.